The predicted octanol–water partition coefficient (Wildman–Crippen LogP) is 1.28. The Morgan fingerprint density at radius 2 is 1.90 bits per heavy atom. The Kier molecular flexibility index (Phi) is 5.46. The summed E-state index contributed by atoms with van der Waals surface area (Å²) in [5.74, 6) is -1.10. The van der Waals surface area contributed by atoms with Crippen molar-refractivity contribution in [1.82, 2.24) is 0 Å². The van der Waals surface area contributed by atoms with Crippen LogP contribution >= 0.6 is 0 Å². The minimum absolute atomic E-state index is 0.0302. The van der Waals surface area contributed by atoms with Crippen LogP contribution in [0.25, 0.3) is 0 Å². The first-order valence-corrected chi connectivity index (χ1v) is 13.9. The molecule has 0 amide bonds. The lowest BCUT2D eigenvalue weighted by molar-refractivity contribution is -0.233. The van der Waals surface area contributed by atoms with E-state index in [-0.39, 0.29) is 31.8 Å². The molecule has 39 heavy (non-hydrogen) atoms. The summed E-state index contributed by atoms with van der Waals surface area (Å²) in [4.78, 5) is 26.6. The molecule has 0 radical (unpaired) electrons. The van der Waals surface area contributed by atoms with Gasteiger partial charge in [0, 0.05) is 24.3 Å². The number of rotatable bonds is 1. The minimum Gasteiger partial charge on any atom is -0.463 e. The summed E-state index contributed by atoms with van der Waals surface area (Å²) >= 11 is 0. The van der Waals surface area contributed by atoms with Crippen molar-refractivity contribution < 1.29 is 48.2 Å². The first-order chi connectivity index (χ1) is 18.5. The van der Waals surface area contributed by atoms with Crippen LogP contribution in [0.4, 0.5) is 0 Å². The number of aliphatic hydroxyl groups excluding tert-OH is 2. The Morgan fingerprint density at radius 1 is 1.10 bits per heavy atom. The highest BCUT2D eigenvalue weighted by molar-refractivity contribution is 5.82. The molecule has 2 N–H and O–H groups in total. The van der Waals surface area contributed by atoms with Crippen molar-refractivity contribution in [3.63, 3.8) is 0 Å². The first-order valence-electron chi connectivity index (χ1n) is 13.9. The van der Waals surface area contributed by atoms with E-state index in [1.165, 1.54) is 36.8 Å². The van der Waals surface area contributed by atoms with Gasteiger partial charge in [-0.05, 0) is 32.8 Å². The minimum atomic E-state index is -1.53. The third kappa shape index (κ3) is 3.18. The molecule has 0 aromatic rings. The van der Waals surface area contributed by atoms with Crippen LogP contribution in [0.2, 0.25) is 0 Å². The van der Waals surface area contributed by atoms with Gasteiger partial charge in [0.15, 0.2) is 6.10 Å². The van der Waals surface area contributed by atoms with Gasteiger partial charge in [-0.25, -0.2) is 9.59 Å². The summed E-state index contributed by atoms with van der Waals surface area (Å²) in [6.45, 7) is 6.35. The molecule has 5 heterocycles. The lowest BCUT2D eigenvalue weighted by Gasteiger charge is -2.58. The van der Waals surface area contributed by atoms with Crippen LogP contribution in [-0.4, -0.2) is 95.4 Å². The maximum absolute atomic E-state index is 13.5. The zero-order chi connectivity index (χ0) is 27.4. The molecular weight excluding hydrogens is 508 g/mol. The van der Waals surface area contributed by atoms with E-state index in [2.05, 4.69) is 19.9 Å². The lowest BCUT2D eigenvalue weighted by atomic mass is 9.51. The normalized spacial score (nSPS) is 54.4. The Bertz CT molecular complexity index is 1190. The second-order valence-corrected chi connectivity index (χ2v) is 12.6. The largest absolute Gasteiger partial charge is 0.463 e. The molecule has 4 saturated heterocycles. The van der Waals surface area contributed by atoms with Gasteiger partial charge in [0.05, 0.1) is 36.9 Å². The molecular formula is C29H36O10. The summed E-state index contributed by atoms with van der Waals surface area (Å²) in [7, 11) is 0. The standard InChI is InChI=1S/C29H36O10/c1-16-7-9-26-14-34-23(32)22-28(39-22)10-11-35-27(17(2)30,24(28)33)8-5-4-6-21(31)38-18-13-20(37-19(26)12-16)29(15-36-29)25(18,26)3/h4-6,8,12,17-20,22,24,30,33H,7,9-11,13-15H2,1-3H3/b6-4-,8-5+/t17-,18+,19+,20-,22-,24+,25+,26-,27+,28-,29-/m1/s1. The quantitative estimate of drug-likeness (QED) is 0.282. The molecule has 0 aromatic carbocycles. The number of allylic oxidation sites excluding steroid dienone is 3. The van der Waals surface area contributed by atoms with Gasteiger partial charge in [-0.1, -0.05) is 30.7 Å². The smallest absolute Gasteiger partial charge is 0.338 e. The third-order valence-corrected chi connectivity index (χ3v) is 11.0. The summed E-state index contributed by atoms with van der Waals surface area (Å²) in [5, 5.41) is 22.1. The summed E-state index contributed by atoms with van der Waals surface area (Å²) in [6, 6.07) is 0. The van der Waals surface area contributed by atoms with Crippen LogP contribution in [0.1, 0.15) is 46.5 Å². The Balaban J connectivity index is 1.31. The van der Waals surface area contributed by atoms with Gasteiger partial charge < -0.3 is 38.6 Å². The highest BCUT2D eigenvalue weighted by Gasteiger charge is 2.83. The van der Waals surface area contributed by atoms with E-state index in [1.54, 1.807) is 0 Å². The van der Waals surface area contributed by atoms with Gasteiger partial charge in [-0.2, -0.15) is 0 Å². The Labute approximate surface area is 226 Å². The van der Waals surface area contributed by atoms with Crippen LogP contribution < -0.4 is 0 Å². The maximum Gasteiger partial charge on any atom is 0.338 e. The summed E-state index contributed by atoms with van der Waals surface area (Å²) < 4.78 is 36.7. The first kappa shape index (κ1) is 25.9. The third-order valence-electron chi connectivity index (χ3n) is 11.0. The molecule has 1 saturated carbocycles. The van der Waals surface area contributed by atoms with Crippen molar-refractivity contribution >= 4 is 11.9 Å². The number of ether oxygens (including phenoxy) is 6. The van der Waals surface area contributed by atoms with Gasteiger partial charge in [-0.15, -0.1) is 0 Å². The number of epoxide rings is 2. The molecule has 5 fully saturated rings. The molecule has 0 unspecified atom stereocenters. The topological polar surface area (TPSA) is 137 Å². The molecule has 7 aliphatic rings. The zero-order valence-corrected chi connectivity index (χ0v) is 22.5. The average molecular weight is 545 g/mol. The average Bonchev–Trinajstić information content (AvgIpc) is 3.81. The number of hydrogen-bond donors (Lipinski definition) is 2. The van der Waals surface area contributed by atoms with Crippen molar-refractivity contribution in [3.8, 4) is 0 Å². The van der Waals surface area contributed by atoms with Crippen molar-refractivity contribution in [2.24, 2.45) is 10.8 Å². The van der Waals surface area contributed by atoms with E-state index in [9.17, 15) is 19.8 Å². The molecule has 10 nitrogen and oxygen atoms in total. The molecule has 4 bridgehead atoms. The Hall–Kier alpha value is -2.08. The van der Waals surface area contributed by atoms with Crippen molar-refractivity contribution in [2.75, 3.05) is 19.8 Å². The molecule has 2 aliphatic carbocycles. The number of cyclic esters (lactones) is 1. The molecule has 3 spiro atoms. The number of aliphatic hydroxyl groups is 2. The highest BCUT2D eigenvalue weighted by Crippen LogP contribution is 2.72. The monoisotopic (exact) mass is 544 g/mol. The number of carbonyl (C=O) groups excluding carboxylic acids is 2. The molecule has 212 valence electrons. The SMILES string of the molecule is CC1=C[C@@H]2O[C@@H]3C[C@@H]4OC(=O)/C=C\C=C\[C@@]5([C@@H](C)O)OCC[C@]6(O[C@@H]6C(=O)OC[C@@]2(CC1)[C@@]4(C)[C@@]31CO1)[C@H]5O. The van der Waals surface area contributed by atoms with E-state index >= 15 is 0 Å². The number of esters is 2. The maximum atomic E-state index is 13.5. The van der Waals surface area contributed by atoms with Gasteiger partial charge in [0.2, 0.25) is 0 Å². The molecule has 7 rings (SSSR count). The fourth-order valence-electron chi connectivity index (χ4n) is 8.37. The molecule has 5 aliphatic heterocycles. The van der Waals surface area contributed by atoms with E-state index < -0.39 is 64.0 Å². The molecule has 10 heteroatoms. The Morgan fingerprint density at radius 3 is 2.64 bits per heavy atom. The lowest BCUT2D eigenvalue weighted by Crippen LogP contribution is -2.67. The van der Waals surface area contributed by atoms with Crippen LogP contribution in [-0.2, 0) is 38.0 Å². The van der Waals surface area contributed by atoms with Gasteiger partial charge in [0.1, 0.15) is 35.6 Å². The van der Waals surface area contributed by atoms with Gasteiger partial charge in [-0.3, -0.25) is 0 Å². The van der Waals surface area contributed by atoms with Crippen LogP contribution in [0.5, 0.6) is 0 Å². The van der Waals surface area contributed by atoms with Gasteiger partial charge >= 0.3 is 11.9 Å². The molecule has 0 aromatic heterocycles. The zero-order valence-electron chi connectivity index (χ0n) is 22.5. The van der Waals surface area contributed by atoms with Crippen molar-refractivity contribution in [2.45, 2.75) is 99.9 Å². The second kappa shape index (κ2) is 8.24. The molecule has 11 atom stereocenters. The fourth-order valence-corrected chi connectivity index (χ4v) is 8.37. The van der Waals surface area contributed by atoms with E-state index in [4.69, 9.17) is 28.4 Å². The number of hydrogen-bond acceptors (Lipinski definition) is 10. The van der Waals surface area contributed by atoms with E-state index in [0.717, 1.165) is 6.42 Å². The predicted molar refractivity (Wildman–Crippen MR) is 133 cm³/mol. The highest BCUT2D eigenvalue weighted by atomic mass is 16.7. The number of fused-ring (bicyclic) bond motifs is 1. The van der Waals surface area contributed by atoms with E-state index in [0.29, 0.717) is 19.4 Å². The van der Waals surface area contributed by atoms with E-state index in [1.807, 2.05) is 0 Å². The van der Waals surface area contributed by atoms with Crippen LogP contribution in [0.3, 0.4) is 0 Å². The fraction of sp³-hybridized carbons (Fsp3) is 0.724. The second-order valence-electron chi connectivity index (χ2n) is 12.6. The van der Waals surface area contributed by atoms with Gasteiger partial charge in [0.25, 0.3) is 0 Å². The van der Waals surface area contributed by atoms with Crippen molar-refractivity contribution in [3.05, 3.63) is 36.0 Å². The number of carbonyl (C=O) groups is 2. The van der Waals surface area contributed by atoms with Crippen molar-refractivity contribution in [1.29, 1.82) is 0 Å². The van der Waals surface area contributed by atoms with Crippen LogP contribution in [0, 0.1) is 10.8 Å². The van der Waals surface area contributed by atoms with Crippen LogP contribution in [0.15, 0.2) is 36.0 Å². The summed E-state index contributed by atoms with van der Waals surface area (Å²) in [5.41, 5.74) is -3.53. The summed E-state index contributed by atoms with van der Waals surface area (Å²) in [6.07, 6.45) is 5.66.